The fraction of sp³-hybridized carbons (Fsp3) is 0.348. The van der Waals surface area contributed by atoms with Gasteiger partial charge in [0, 0.05) is 11.7 Å². The van der Waals surface area contributed by atoms with E-state index in [0.717, 1.165) is 25.7 Å². The van der Waals surface area contributed by atoms with Crippen molar-refractivity contribution in [1.29, 1.82) is 0 Å². The van der Waals surface area contributed by atoms with E-state index < -0.39 is 5.82 Å². The third-order valence-corrected chi connectivity index (χ3v) is 5.17. The Morgan fingerprint density at radius 1 is 0.968 bits per heavy atom. The van der Waals surface area contributed by atoms with Gasteiger partial charge in [0.15, 0.2) is 13.1 Å². The molecule has 1 aliphatic rings. The highest BCUT2D eigenvalue weighted by Gasteiger charge is 2.21. The minimum Gasteiger partial charge on any atom is -0.349 e. The molecule has 3 amide bonds. The summed E-state index contributed by atoms with van der Waals surface area (Å²) in [4.78, 5) is 37.9. The van der Waals surface area contributed by atoms with Crippen LogP contribution >= 0.6 is 0 Å². The predicted molar refractivity (Wildman–Crippen MR) is 116 cm³/mol. The summed E-state index contributed by atoms with van der Waals surface area (Å²) < 4.78 is 13.2. The molecule has 2 aromatic carbocycles. The van der Waals surface area contributed by atoms with Crippen LogP contribution in [0.1, 0.15) is 36.0 Å². The van der Waals surface area contributed by atoms with E-state index in [4.69, 9.17) is 0 Å². The van der Waals surface area contributed by atoms with Crippen LogP contribution in [-0.2, 0) is 9.59 Å². The second kappa shape index (κ2) is 10.7. The van der Waals surface area contributed by atoms with Gasteiger partial charge in [-0.2, -0.15) is 0 Å². The highest BCUT2D eigenvalue weighted by atomic mass is 19.1. The zero-order valence-electron chi connectivity index (χ0n) is 17.5. The first kappa shape index (κ1) is 22.4. The van der Waals surface area contributed by atoms with Crippen LogP contribution in [0.2, 0.25) is 0 Å². The number of carbonyl (C=O) groups is 3. The Kier molecular flexibility index (Phi) is 7.72. The van der Waals surface area contributed by atoms with Crippen molar-refractivity contribution < 1.29 is 23.7 Å². The molecule has 0 aliphatic heterocycles. The number of nitrogens with one attached hydrogen (secondary N) is 4. The number of halogens is 1. The minimum atomic E-state index is -0.437. The summed E-state index contributed by atoms with van der Waals surface area (Å²) in [5, 5.41) is 8.41. The average Bonchev–Trinajstić information content (AvgIpc) is 3.21. The normalized spacial score (nSPS) is 14.6. The van der Waals surface area contributed by atoms with Crippen LogP contribution in [0.4, 0.5) is 15.8 Å². The lowest BCUT2D eigenvalue weighted by molar-refractivity contribution is -0.862. The Morgan fingerprint density at radius 2 is 1.65 bits per heavy atom. The van der Waals surface area contributed by atoms with Crippen molar-refractivity contribution in [2.24, 2.45) is 0 Å². The third kappa shape index (κ3) is 6.89. The molecule has 0 heterocycles. The molecule has 0 aromatic heterocycles. The van der Waals surface area contributed by atoms with Gasteiger partial charge >= 0.3 is 0 Å². The van der Waals surface area contributed by atoms with Crippen LogP contribution in [-0.4, -0.2) is 43.9 Å². The molecule has 8 heteroatoms. The summed E-state index contributed by atoms with van der Waals surface area (Å²) in [6.07, 6.45) is 4.19. The molecule has 0 radical (unpaired) electrons. The Balaban J connectivity index is 1.51. The van der Waals surface area contributed by atoms with Crippen LogP contribution in [0, 0.1) is 5.82 Å². The topological polar surface area (TPSA) is 91.7 Å². The van der Waals surface area contributed by atoms with Crippen LogP contribution in [0.3, 0.4) is 0 Å². The van der Waals surface area contributed by atoms with E-state index in [1.54, 1.807) is 37.4 Å². The fourth-order valence-electron chi connectivity index (χ4n) is 3.70. The quantitative estimate of drug-likeness (QED) is 0.516. The zero-order valence-corrected chi connectivity index (χ0v) is 17.5. The third-order valence-electron chi connectivity index (χ3n) is 5.17. The SMILES string of the molecule is C[NH+](CC(=O)Nc1cccc(F)c1)CC(=O)Nc1ccccc1C(=O)NC1CCCC1. The van der Waals surface area contributed by atoms with Crippen LogP contribution < -0.4 is 20.9 Å². The molecule has 3 rings (SSSR count). The van der Waals surface area contributed by atoms with Crippen molar-refractivity contribution in [3.8, 4) is 0 Å². The van der Waals surface area contributed by atoms with E-state index in [0.29, 0.717) is 21.8 Å². The number of amides is 3. The molecular weight excluding hydrogens is 399 g/mol. The van der Waals surface area contributed by atoms with Crippen molar-refractivity contribution in [2.75, 3.05) is 30.8 Å². The highest BCUT2D eigenvalue weighted by Crippen LogP contribution is 2.20. The maximum Gasteiger partial charge on any atom is 0.279 e. The van der Waals surface area contributed by atoms with Gasteiger partial charge in [0.25, 0.3) is 17.7 Å². The number of para-hydroxylation sites is 1. The van der Waals surface area contributed by atoms with Gasteiger partial charge in [0.1, 0.15) is 5.82 Å². The van der Waals surface area contributed by atoms with Crippen molar-refractivity contribution in [3.63, 3.8) is 0 Å². The van der Waals surface area contributed by atoms with E-state index in [1.807, 2.05) is 0 Å². The maximum absolute atomic E-state index is 13.2. The highest BCUT2D eigenvalue weighted by molar-refractivity contribution is 6.04. The van der Waals surface area contributed by atoms with Crippen LogP contribution in [0.25, 0.3) is 0 Å². The maximum atomic E-state index is 13.2. The molecule has 31 heavy (non-hydrogen) atoms. The van der Waals surface area contributed by atoms with Crippen molar-refractivity contribution >= 4 is 29.1 Å². The molecule has 7 nitrogen and oxygen atoms in total. The number of likely N-dealkylation sites (N-methyl/N-ethyl adjacent to an activating group) is 1. The summed E-state index contributed by atoms with van der Waals surface area (Å²) in [5.74, 6) is -1.27. The molecule has 0 spiro atoms. The van der Waals surface area contributed by atoms with E-state index in [-0.39, 0.29) is 36.9 Å². The fourth-order valence-corrected chi connectivity index (χ4v) is 3.70. The smallest absolute Gasteiger partial charge is 0.279 e. The number of hydrogen-bond acceptors (Lipinski definition) is 3. The van der Waals surface area contributed by atoms with Crippen LogP contribution in [0.15, 0.2) is 48.5 Å². The van der Waals surface area contributed by atoms with Gasteiger partial charge in [-0.1, -0.05) is 31.0 Å². The molecule has 0 saturated heterocycles. The molecule has 1 fully saturated rings. The molecule has 2 aromatic rings. The Morgan fingerprint density at radius 3 is 2.35 bits per heavy atom. The number of hydrogen-bond donors (Lipinski definition) is 4. The standard InChI is InChI=1S/C23H27FN4O3/c1-28(14-21(29)25-18-10-6-7-16(24)13-18)15-22(30)27-20-12-5-4-11-19(20)23(31)26-17-8-2-3-9-17/h4-7,10-13,17H,2-3,8-9,14-15H2,1H3,(H,25,29)(H,26,31)(H,27,30)/p+1. The molecule has 164 valence electrons. The first-order valence-electron chi connectivity index (χ1n) is 10.5. The number of carbonyl (C=O) groups excluding carboxylic acids is 3. The number of rotatable bonds is 8. The minimum absolute atomic E-state index is 0.0355. The van der Waals surface area contributed by atoms with Crippen molar-refractivity contribution in [2.45, 2.75) is 31.7 Å². The van der Waals surface area contributed by atoms with Gasteiger partial charge in [-0.05, 0) is 43.2 Å². The summed E-state index contributed by atoms with van der Waals surface area (Å²) in [5.41, 5.74) is 1.23. The van der Waals surface area contributed by atoms with Gasteiger partial charge in [0.05, 0.1) is 18.3 Å². The molecule has 1 unspecified atom stereocenters. The van der Waals surface area contributed by atoms with E-state index in [9.17, 15) is 18.8 Å². The first-order chi connectivity index (χ1) is 14.9. The molecule has 0 bridgehead atoms. The lowest BCUT2D eigenvalue weighted by atomic mass is 10.1. The lowest BCUT2D eigenvalue weighted by Crippen LogP contribution is -3.11. The van der Waals surface area contributed by atoms with Gasteiger partial charge < -0.3 is 20.9 Å². The molecule has 1 atom stereocenters. The van der Waals surface area contributed by atoms with E-state index >= 15 is 0 Å². The lowest BCUT2D eigenvalue weighted by Gasteiger charge is -2.16. The number of quaternary nitrogens is 1. The second-order valence-electron chi connectivity index (χ2n) is 7.92. The van der Waals surface area contributed by atoms with Gasteiger partial charge in [-0.15, -0.1) is 0 Å². The Labute approximate surface area is 181 Å². The van der Waals surface area contributed by atoms with Gasteiger partial charge in [-0.25, -0.2) is 4.39 Å². The average molecular weight is 428 g/mol. The van der Waals surface area contributed by atoms with E-state index in [2.05, 4.69) is 16.0 Å². The first-order valence-corrected chi connectivity index (χ1v) is 10.5. The predicted octanol–water partition coefficient (Wildman–Crippen LogP) is 1.59. The summed E-state index contributed by atoms with van der Waals surface area (Å²) >= 11 is 0. The molecule has 1 aliphatic carbocycles. The Hall–Kier alpha value is -3.26. The second-order valence-corrected chi connectivity index (χ2v) is 7.92. The summed E-state index contributed by atoms with van der Waals surface area (Å²) in [6, 6.07) is 12.7. The van der Waals surface area contributed by atoms with Gasteiger partial charge in [-0.3, -0.25) is 14.4 Å². The molecule has 1 saturated carbocycles. The Bertz CT molecular complexity index is 944. The van der Waals surface area contributed by atoms with E-state index in [1.165, 1.54) is 18.2 Å². The monoisotopic (exact) mass is 427 g/mol. The number of anilines is 2. The van der Waals surface area contributed by atoms with Gasteiger partial charge in [0.2, 0.25) is 0 Å². The van der Waals surface area contributed by atoms with Crippen molar-refractivity contribution in [1.82, 2.24) is 5.32 Å². The summed E-state index contributed by atoms with van der Waals surface area (Å²) in [6.45, 7) is 0.0723. The van der Waals surface area contributed by atoms with Crippen LogP contribution in [0.5, 0.6) is 0 Å². The molecule has 4 N–H and O–H groups in total. The largest absolute Gasteiger partial charge is 0.349 e. The van der Waals surface area contributed by atoms with Crippen molar-refractivity contribution in [3.05, 3.63) is 59.9 Å². The number of benzene rings is 2. The summed E-state index contributed by atoms with van der Waals surface area (Å²) in [7, 11) is 1.71. The molecular formula is C23H28FN4O3+. The zero-order chi connectivity index (χ0) is 22.2.